The number of halogens is 1. The summed E-state index contributed by atoms with van der Waals surface area (Å²) in [7, 11) is 0. The number of aromatic nitrogens is 1. The van der Waals surface area contributed by atoms with Crippen LogP contribution in [0.1, 0.15) is 25.0 Å². The normalized spacial score (nSPS) is 22.4. The molecule has 4 rings (SSSR count). The lowest BCUT2D eigenvalue weighted by Crippen LogP contribution is -2.50. The number of fused-ring (bicyclic) bond motifs is 1. The second kappa shape index (κ2) is 8.08. The number of pyridine rings is 1. The maximum atomic E-state index is 13.2. The van der Waals surface area contributed by atoms with Crippen LogP contribution in [0.25, 0.3) is 5.69 Å². The highest BCUT2D eigenvalue weighted by Gasteiger charge is 2.27. The van der Waals surface area contributed by atoms with Crippen LogP contribution in [0.3, 0.4) is 0 Å². The molecule has 7 heteroatoms. The maximum Gasteiger partial charge on any atom is 0.255 e. The Bertz CT molecular complexity index is 947. The molecule has 3 heterocycles. The third kappa shape index (κ3) is 4.41. The lowest BCUT2D eigenvalue weighted by Gasteiger charge is -2.36. The monoisotopic (exact) mass is 399 g/mol. The Hall–Kier alpha value is -2.51. The fourth-order valence-electron chi connectivity index (χ4n) is 4.25. The van der Waals surface area contributed by atoms with E-state index in [1.807, 2.05) is 18.7 Å². The fourth-order valence-corrected chi connectivity index (χ4v) is 4.25. The Morgan fingerprint density at radius 1 is 1.14 bits per heavy atom. The summed E-state index contributed by atoms with van der Waals surface area (Å²) in [6.45, 7) is 7.03. The van der Waals surface area contributed by atoms with E-state index in [9.17, 15) is 14.0 Å². The van der Waals surface area contributed by atoms with Crippen LogP contribution in [-0.4, -0.2) is 58.7 Å². The molecule has 1 amide bonds. The number of hydrogen-bond donors (Lipinski definition) is 0. The Morgan fingerprint density at radius 3 is 2.52 bits per heavy atom. The highest BCUT2D eigenvalue weighted by molar-refractivity contribution is 5.78. The number of carbonyl (C=O) groups is 1. The number of hydrogen-bond acceptors (Lipinski definition) is 4. The van der Waals surface area contributed by atoms with E-state index in [1.54, 1.807) is 24.4 Å². The average molecular weight is 399 g/mol. The molecular weight excluding hydrogens is 373 g/mol. The molecule has 0 bridgehead atoms. The van der Waals surface area contributed by atoms with Crippen LogP contribution in [0.5, 0.6) is 0 Å². The predicted molar refractivity (Wildman–Crippen MR) is 108 cm³/mol. The van der Waals surface area contributed by atoms with E-state index in [-0.39, 0.29) is 29.5 Å². The van der Waals surface area contributed by atoms with Crippen molar-refractivity contribution in [1.82, 2.24) is 14.4 Å². The molecule has 0 unspecified atom stereocenters. The van der Waals surface area contributed by atoms with Crippen molar-refractivity contribution in [2.75, 3.05) is 26.2 Å². The Kier molecular flexibility index (Phi) is 5.52. The zero-order valence-electron chi connectivity index (χ0n) is 16.8. The molecule has 2 aliphatic rings. The fraction of sp³-hybridized carbons (Fsp3) is 0.455. The lowest BCUT2D eigenvalue weighted by atomic mass is 10.0. The summed E-state index contributed by atoms with van der Waals surface area (Å²) in [5.41, 5.74) is 2.40. The van der Waals surface area contributed by atoms with Gasteiger partial charge >= 0.3 is 0 Å². The Morgan fingerprint density at radius 2 is 1.83 bits per heavy atom. The van der Waals surface area contributed by atoms with Crippen LogP contribution in [0.2, 0.25) is 0 Å². The van der Waals surface area contributed by atoms with Crippen LogP contribution in [0, 0.1) is 5.82 Å². The minimum atomic E-state index is -0.344. The third-order valence-corrected chi connectivity index (χ3v) is 5.56. The molecule has 29 heavy (non-hydrogen) atoms. The van der Waals surface area contributed by atoms with E-state index in [2.05, 4.69) is 4.90 Å². The molecule has 0 spiro atoms. The van der Waals surface area contributed by atoms with Crippen molar-refractivity contribution >= 4 is 5.91 Å². The molecule has 2 atom stereocenters. The van der Waals surface area contributed by atoms with Crippen LogP contribution in [0.15, 0.2) is 41.3 Å². The Balaban J connectivity index is 1.50. The van der Waals surface area contributed by atoms with Gasteiger partial charge in [0.2, 0.25) is 5.91 Å². The van der Waals surface area contributed by atoms with Gasteiger partial charge in [-0.25, -0.2) is 4.39 Å². The number of ether oxygens (including phenoxy) is 1. The van der Waals surface area contributed by atoms with E-state index in [0.29, 0.717) is 31.7 Å². The van der Waals surface area contributed by atoms with Gasteiger partial charge in [0.05, 0.1) is 18.8 Å². The van der Waals surface area contributed by atoms with Gasteiger partial charge in [-0.2, -0.15) is 0 Å². The van der Waals surface area contributed by atoms with Crippen LogP contribution in [-0.2, 0) is 22.5 Å². The van der Waals surface area contributed by atoms with E-state index in [4.69, 9.17) is 4.74 Å². The molecule has 1 aromatic heterocycles. The summed E-state index contributed by atoms with van der Waals surface area (Å²) >= 11 is 0. The molecule has 154 valence electrons. The largest absolute Gasteiger partial charge is 0.373 e. The first-order chi connectivity index (χ1) is 13.9. The van der Waals surface area contributed by atoms with Gasteiger partial charge in [-0.3, -0.25) is 19.1 Å². The number of nitrogens with zero attached hydrogens (tertiary/aromatic N) is 3. The van der Waals surface area contributed by atoms with Crippen LogP contribution >= 0.6 is 0 Å². The average Bonchev–Trinajstić information content (AvgIpc) is 2.67. The van der Waals surface area contributed by atoms with Crippen molar-refractivity contribution < 1.29 is 13.9 Å². The first-order valence-corrected chi connectivity index (χ1v) is 10.0. The first-order valence-electron chi connectivity index (χ1n) is 10.0. The molecule has 2 aromatic rings. The van der Waals surface area contributed by atoms with Crippen molar-refractivity contribution in [3.05, 3.63) is 63.8 Å². The summed E-state index contributed by atoms with van der Waals surface area (Å²) in [5, 5.41) is 0. The van der Waals surface area contributed by atoms with Crippen LogP contribution < -0.4 is 5.56 Å². The number of benzene rings is 1. The highest BCUT2D eigenvalue weighted by atomic mass is 19.1. The molecule has 1 fully saturated rings. The Labute approximate surface area is 169 Å². The second-order valence-corrected chi connectivity index (χ2v) is 8.03. The summed E-state index contributed by atoms with van der Waals surface area (Å²) in [5.74, 6) is -0.250. The lowest BCUT2D eigenvalue weighted by molar-refractivity contribution is -0.136. The molecule has 0 radical (unpaired) electrons. The van der Waals surface area contributed by atoms with E-state index in [0.717, 1.165) is 24.2 Å². The van der Waals surface area contributed by atoms with Gasteiger partial charge in [0.25, 0.3) is 5.56 Å². The molecular formula is C22H26FN3O3. The summed E-state index contributed by atoms with van der Waals surface area (Å²) < 4.78 is 20.5. The second-order valence-electron chi connectivity index (χ2n) is 8.03. The molecule has 1 aromatic carbocycles. The van der Waals surface area contributed by atoms with Gasteiger partial charge in [-0.15, -0.1) is 0 Å². The van der Waals surface area contributed by atoms with Crippen molar-refractivity contribution in [3.8, 4) is 5.69 Å². The molecule has 0 N–H and O–H groups in total. The van der Waals surface area contributed by atoms with Crippen molar-refractivity contribution in [3.63, 3.8) is 0 Å². The topological polar surface area (TPSA) is 54.8 Å². The van der Waals surface area contributed by atoms with Crippen molar-refractivity contribution in [1.29, 1.82) is 0 Å². The standard InChI is InChI=1S/C22H26FN3O3/c1-15-10-24(11-16(2)29-15)14-22(28)25-8-7-17-9-21(27)26(13-18(17)12-25)20-5-3-19(23)4-6-20/h3-6,9,13,15-16H,7-8,10-12,14H2,1-2H3/t15-,16+. The number of morpholine rings is 1. The van der Waals surface area contributed by atoms with Crippen molar-refractivity contribution in [2.24, 2.45) is 0 Å². The van der Waals surface area contributed by atoms with E-state index >= 15 is 0 Å². The molecule has 0 saturated carbocycles. The molecule has 0 aliphatic carbocycles. The quantitative estimate of drug-likeness (QED) is 0.792. The van der Waals surface area contributed by atoms with Gasteiger partial charge in [0.15, 0.2) is 0 Å². The molecule has 2 aliphatic heterocycles. The van der Waals surface area contributed by atoms with Gasteiger partial charge in [0.1, 0.15) is 5.82 Å². The zero-order valence-corrected chi connectivity index (χ0v) is 16.8. The minimum absolute atomic E-state index is 0.0940. The van der Waals surface area contributed by atoms with Gasteiger partial charge in [-0.1, -0.05) is 0 Å². The third-order valence-electron chi connectivity index (χ3n) is 5.56. The summed E-state index contributed by atoms with van der Waals surface area (Å²) in [4.78, 5) is 29.4. The minimum Gasteiger partial charge on any atom is -0.373 e. The summed E-state index contributed by atoms with van der Waals surface area (Å²) in [6, 6.07) is 7.46. The number of amides is 1. The number of carbonyl (C=O) groups excluding carboxylic acids is 1. The number of rotatable bonds is 3. The smallest absolute Gasteiger partial charge is 0.255 e. The van der Waals surface area contributed by atoms with Crippen molar-refractivity contribution in [2.45, 2.75) is 39.0 Å². The molecule has 1 saturated heterocycles. The summed E-state index contributed by atoms with van der Waals surface area (Å²) in [6.07, 6.45) is 2.69. The maximum absolute atomic E-state index is 13.2. The van der Waals surface area contributed by atoms with E-state index in [1.165, 1.54) is 16.7 Å². The van der Waals surface area contributed by atoms with Gasteiger partial charge in [0, 0.05) is 44.1 Å². The zero-order chi connectivity index (χ0) is 20.5. The van der Waals surface area contributed by atoms with Crippen LogP contribution in [0.4, 0.5) is 4.39 Å². The first kappa shape index (κ1) is 19.8. The van der Waals surface area contributed by atoms with E-state index < -0.39 is 0 Å². The predicted octanol–water partition coefficient (Wildman–Crippen LogP) is 1.97. The van der Waals surface area contributed by atoms with Gasteiger partial charge < -0.3 is 9.64 Å². The highest BCUT2D eigenvalue weighted by Crippen LogP contribution is 2.20. The SMILES string of the molecule is C[C@@H]1CN(CC(=O)N2CCc3cc(=O)n(-c4ccc(F)cc4)cc3C2)C[C@H](C)O1. The van der Waals surface area contributed by atoms with Gasteiger partial charge in [-0.05, 0) is 55.7 Å². The molecule has 6 nitrogen and oxygen atoms in total.